The summed E-state index contributed by atoms with van der Waals surface area (Å²) >= 11 is 1.84. The van der Waals surface area contributed by atoms with Crippen LogP contribution in [-0.4, -0.2) is 12.7 Å². The summed E-state index contributed by atoms with van der Waals surface area (Å²) in [4.78, 5) is 2.62. The van der Waals surface area contributed by atoms with E-state index in [2.05, 4.69) is 51.1 Å². The number of methoxy groups -OCH3 is 1. The molecule has 2 nitrogen and oxygen atoms in total. The number of benzene rings is 2. The molecule has 1 unspecified atom stereocenters. The van der Waals surface area contributed by atoms with Gasteiger partial charge in [0.1, 0.15) is 17.1 Å². The van der Waals surface area contributed by atoms with Crippen LogP contribution in [0.1, 0.15) is 37.8 Å². The Morgan fingerprint density at radius 3 is 2.70 bits per heavy atom. The first-order chi connectivity index (χ1) is 11.0. The Morgan fingerprint density at radius 2 is 1.91 bits per heavy atom. The average molecular weight is 324 g/mol. The highest BCUT2D eigenvalue weighted by Crippen LogP contribution is 2.57. The van der Waals surface area contributed by atoms with Crippen molar-refractivity contribution in [1.29, 1.82) is 0 Å². The Labute approximate surface area is 141 Å². The van der Waals surface area contributed by atoms with Crippen LogP contribution in [0.2, 0.25) is 0 Å². The molecular weight excluding hydrogens is 304 g/mol. The summed E-state index contributed by atoms with van der Waals surface area (Å²) in [6, 6.07) is 14.7. The van der Waals surface area contributed by atoms with Crippen LogP contribution in [0.25, 0.3) is 4.91 Å². The lowest BCUT2D eigenvalue weighted by Crippen LogP contribution is -2.37. The van der Waals surface area contributed by atoms with Gasteiger partial charge in [0.15, 0.2) is 0 Å². The predicted molar refractivity (Wildman–Crippen MR) is 95.3 cm³/mol. The van der Waals surface area contributed by atoms with Gasteiger partial charge in [0.05, 0.1) is 7.11 Å². The zero-order chi connectivity index (χ0) is 16.2. The van der Waals surface area contributed by atoms with Gasteiger partial charge in [0.2, 0.25) is 0 Å². The summed E-state index contributed by atoms with van der Waals surface area (Å²) in [5.74, 6) is 2.21. The molecule has 0 fully saturated rings. The Balaban J connectivity index is 1.93. The molecule has 2 aliphatic rings. The number of para-hydroxylation sites is 1. The number of ether oxygens (including phenoxy) is 2. The predicted octanol–water partition coefficient (Wildman–Crippen LogP) is 5.49. The van der Waals surface area contributed by atoms with Gasteiger partial charge in [-0.25, -0.2) is 0 Å². The molecule has 1 atom stereocenters. The van der Waals surface area contributed by atoms with E-state index in [1.54, 1.807) is 7.11 Å². The summed E-state index contributed by atoms with van der Waals surface area (Å²) in [5, 5.41) is 0. The largest absolute Gasteiger partial charge is 0.497 e. The number of hydrogen-bond acceptors (Lipinski definition) is 3. The van der Waals surface area contributed by atoms with Crippen LogP contribution in [0, 0.1) is 0 Å². The second-order valence-corrected chi connectivity index (χ2v) is 7.63. The summed E-state index contributed by atoms with van der Waals surface area (Å²) in [5.41, 5.74) is 3.63. The van der Waals surface area contributed by atoms with Gasteiger partial charge in [0.25, 0.3) is 0 Å². The molecule has 0 radical (unpaired) electrons. The third kappa shape index (κ3) is 2.18. The van der Waals surface area contributed by atoms with Crippen LogP contribution in [0.4, 0.5) is 0 Å². The summed E-state index contributed by atoms with van der Waals surface area (Å²) in [7, 11) is 1.72. The molecule has 0 aromatic heterocycles. The molecule has 0 N–H and O–H groups in total. The third-order valence-electron chi connectivity index (χ3n) is 4.72. The number of fused-ring (bicyclic) bond motifs is 3. The van der Waals surface area contributed by atoms with Gasteiger partial charge in [-0.05, 0) is 43.2 Å². The monoisotopic (exact) mass is 324 g/mol. The molecule has 3 heteroatoms. The van der Waals surface area contributed by atoms with Crippen LogP contribution in [0.3, 0.4) is 0 Å². The molecule has 0 bridgehead atoms. The van der Waals surface area contributed by atoms with Crippen molar-refractivity contribution in [3.8, 4) is 11.5 Å². The van der Waals surface area contributed by atoms with E-state index >= 15 is 0 Å². The summed E-state index contributed by atoms with van der Waals surface area (Å²) in [6.45, 7) is 6.62. The minimum atomic E-state index is -0.298. The van der Waals surface area contributed by atoms with Crippen LogP contribution < -0.4 is 9.47 Å². The first-order valence-corrected chi connectivity index (χ1v) is 8.72. The Hall–Kier alpha value is -1.87. The lowest BCUT2D eigenvalue weighted by atomic mass is 9.80. The minimum Gasteiger partial charge on any atom is -0.497 e. The second-order valence-electron chi connectivity index (χ2n) is 6.58. The van der Waals surface area contributed by atoms with E-state index in [9.17, 15) is 0 Å². The van der Waals surface area contributed by atoms with Crippen LogP contribution in [-0.2, 0) is 0 Å². The van der Waals surface area contributed by atoms with Crippen molar-refractivity contribution < 1.29 is 9.47 Å². The van der Waals surface area contributed by atoms with Gasteiger partial charge in [0, 0.05) is 21.3 Å². The Kier molecular flexibility index (Phi) is 3.24. The maximum absolute atomic E-state index is 6.32. The van der Waals surface area contributed by atoms with E-state index in [1.807, 2.05) is 23.9 Å². The van der Waals surface area contributed by atoms with Gasteiger partial charge in [-0.2, -0.15) is 0 Å². The molecule has 2 aromatic rings. The average Bonchev–Trinajstić information content (AvgIpc) is 2.53. The summed E-state index contributed by atoms with van der Waals surface area (Å²) in [6.07, 6.45) is 0. The van der Waals surface area contributed by atoms with Crippen molar-refractivity contribution in [2.24, 2.45) is 0 Å². The molecule has 0 saturated carbocycles. The van der Waals surface area contributed by atoms with Crippen LogP contribution in [0.15, 0.2) is 52.9 Å². The smallest absolute Gasteiger partial charge is 0.128 e. The highest BCUT2D eigenvalue weighted by Gasteiger charge is 2.41. The number of hydrogen-bond donors (Lipinski definition) is 0. The van der Waals surface area contributed by atoms with Crippen LogP contribution >= 0.6 is 11.8 Å². The normalized spacial score (nSPS) is 21.0. The standard InChI is InChI=1S/C20H20O2S/c1-12-14-10-9-13(21-4)11-17(14)23-19-15-7-5-6-8-16(15)22-20(2,3)18(12)19/h5-12H,1-4H3. The second kappa shape index (κ2) is 5.07. The molecule has 0 aliphatic carbocycles. The molecular formula is C20H20O2S. The first-order valence-electron chi connectivity index (χ1n) is 7.90. The zero-order valence-corrected chi connectivity index (χ0v) is 14.7. The lowest BCUT2D eigenvalue weighted by molar-refractivity contribution is 0.138. The van der Waals surface area contributed by atoms with Crippen molar-refractivity contribution in [3.05, 3.63) is 59.2 Å². The molecule has 0 saturated heterocycles. The molecule has 0 spiro atoms. The van der Waals surface area contributed by atoms with E-state index in [0.717, 1.165) is 11.5 Å². The molecule has 118 valence electrons. The fourth-order valence-corrected chi connectivity index (χ4v) is 5.24. The molecule has 2 aliphatic heterocycles. The molecule has 2 aromatic carbocycles. The van der Waals surface area contributed by atoms with E-state index < -0.39 is 0 Å². The van der Waals surface area contributed by atoms with Gasteiger partial charge in [-0.3, -0.25) is 0 Å². The third-order valence-corrected chi connectivity index (χ3v) is 5.94. The fourth-order valence-electron chi connectivity index (χ4n) is 3.67. The molecule has 23 heavy (non-hydrogen) atoms. The van der Waals surface area contributed by atoms with Crippen molar-refractivity contribution >= 4 is 16.7 Å². The van der Waals surface area contributed by atoms with E-state index in [0.29, 0.717) is 5.92 Å². The number of thioether (sulfide) groups is 1. The van der Waals surface area contributed by atoms with Crippen molar-refractivity contribution in [3.63, 3.8) is 0 Å². The molecule has 2 heterocycles. The lowest BCUT2D eigenvalue weighted by Gasteiger charge is -2.42. The van der Waals surface area contributed by atoms with Gasteiger partial charge in [-0.15, -0.1) is 0 Å². The number of rotatable bonds is 1. The van der Waals surface area contributed by atoms with Gasteiger partial charge < -0.3 is 9.47 Å². The topological polar surface area (TPSA) is 18.5 Å². The SMILES string of the molecule is COc1ccc2c(c1)SC1=C(C2C)C(C)(C)Oc2ccccc21. The van der Waals surface area contributed by atoms with Crippen molar-refractivity contribution in [2.75, 3.05) is 7.11 Å². The minimum absolute atomic E-state index is 0.298. The Morgan fingerprint density at radius 1 is 1.13 bits per heavy atom. The first kappa shape index (κ1) is 14.7. The van der Waals surface area contributed by atoms with Crippen molar-refractivity contribution in [2.45, 2.75) is 37.2 Å². The Bertz CT molecular complexity index is 820. The highest BCUT2D eigenvalue weighted by atomic mass is 32.2. The molecule has 0 amide bonds. The van der Waals surface area contributed by atoms with Gasteiger partial charge >= 0.3 is 0 Å². The fraction of sp³-hybridized carbons (Fsp3) is 0.300. The maximum Gasteiger partial charge on any atom is 0.128 e. The highest BCUT2D eigenvalue weighted by molar-refractivity contribution is 8.08. The molecule has 4 rings (SSSR count). The van der Waals surface area contributed by atoms with Crippen molar-refractivity contribution in [1.82, 2.24) is 0 Å². The van der Waals surface area contributed by atoms with E-state index in [4.69, 9.17) is 9.47 Å². The quantitative estimate of drug-likeness (QED) is 0.691. The van der Waals surface area contributed by atoms with Gasteiger partial charge in [-0.1, -0.05) is 43.0 Å². The zero-order valence-electron chi connectivity index (χ0n) is 13.8. The maximum atomic E-state index is 6.32. The van der Waals surface area contributed by atoms with E-state index in [-0.39, 0.29) is 5.60 Å². The van der Waals surface area contributed by atoms with Crippen LogP contribution in [0.5, 0.6) is 11.5 Å². The van der Waals surface area contributed by atoms with E-state index in [1.165, 1.54) is 26.5 Å². The summed E-state index contributed by atoms with van der Waals surface area (Å²) < 4.78 is 11.7.